The van der Waals surface area contributed by atoms with E-state index in [0.29, 0.717) is 25.0 Å². The number of benzene rings is 1. The molecular weight excluding hydrogens is 278 g/mol. The lowest BCUT2D eigenvalue weighted by Crippen LogP contribution is -2.35. The Labute approximate surface area is 131 Å². The zero-order valence-electron chi connectivity index (χ0n) is 13.0. The lowest BCUT2D eigenvalue weighted by atomic mass is 9.97. The maximum atomic E-state index is 9.27. The fourth-order valence-corrected chi connectivity index (χ4v) is 2.91. The molecule has 2 N–H and O–H groups in total. The van der Waals surface area contributed by atoms with Gasteiger partial charge in [-0.1, -0.05) is 12.1 Å². The van der Waals surface area contributed by atoms with Crippen LogP contribution in [0.2, 0.25) is 0 Å². The number of aliphatic hydroxyl groups is 1. The SMILES string of the molecule is Cc1cnc(CNc2ccccc2N2CCC(CO)CC2)o1. The summed E-state index contributed by atoms with van der Waals surface area (Å²) in [4.78, 5) is 6.61. The molecule has 1 aliphatic heterocycles. The topological polar surface area (TPSA) is 61.5 Å². The molecule has 118 valence electrons. The summed E-state index contributed by atoms with van der Waals surface area (Å²) >= 11 is 0. The van der Waals surface area contributed by atoms with Crippen LogP contribution in [0.1, 0.15) is 24.5 Å². The molecule has 0 aliphatic carbocycles. The molecular formula is C17H23N3O2. The molecule has 0 saturated carbocycles. The van der Waals surface area contributed by atoms with Gasteiger partial charge in [0.1, 0.15) is 5.76 Å². The molecule has 0 radical (unpaired) electrons. The van der Waals surface area contributed by atoms with Gasteiger partial charge in [0.2, 0.25) is 5.89 Å². The monoisotopic (exact) mass is 301 g/mol. The van der Waals surface area contributed by atoms with Crippen molar-refractivity contribution in [2.45, 2.75) is 26.3 Å². The Hall–Kier alpha value is -2.01. The van der Waals surface area contributed by atoms with E-state index in [1.807, 2.05) is 13.0 Å². The standard InChI is InChI=1S/C17H23N3O2/c1-13-10-19-17(22-13)11-18-15-4-2-3-5-16(15)20-8-6-14(12-21)7-9-20/h2-5,10,14,18,21H,6-9,11-12H2,1H3. The number of hydrogen-bond acceptors (Lipinski definition) is 5. The minimum atomic E-state index is 0.303. The van der Waals surface area contributed by atoms with Gasteiger partial charge in [-0.15, -0.1) is 0 Å². The molecule has 2 aromatic rings. The van der Waals surface area contributed by atoms with Crippen LogP contribution >= 0.6 is 0 Å². The van der Waals surface area contributed by atoms with Crippen LogP contribution in [-0.2, 0) is 6.54 Å². The van der Waals surface area contributed by atoms with Gasteiger partial charge in [-0.05, 0) is 37.8 Å². The summed E-state index contributed by atoms with van der Waals surface area (Å²) in [5.41, 5.74) is 2.31. The zero-order valence-corrected chi connectivity index (χ0v) is 13.0. The average molecular weight is 301 g/mol. The van der Waals surface area contributed by atoms with Gasteiger partial charge in [0.15, 0.2) is 0 Å². The van der Waals surface area contributed by atoms with Gasteiger partial charge in [-0.2, -0.15) is 0 Å². The number of rotatable bonds is 5. The van der Waals surface area contributed by atoms with Crippen LogP contribution in [0.4, 0.5) is 11.4 Å². The summed E-state index contributed by atoms with van der Waals surface area (Å²) in [5.74, 6) is 1.98. The highest BCUT2D eigenvalue weighted by Crippen LogP contribution is 2.30. The number of para-hydroxylation sites is 2. The number of nitrogens with zero attached hydrogens (tertiary/aromatic N) is 2. The van der Waals surface area contributed by atoms with Gasteiger partial charge in [-0.3, -0.25) is 0 Å². The lowest BCUT2D eigenvalue weighted by molar-refractivity contribution is 0.203. The number of piperidine rings is 1. The van der Waals surface area contributed by atoms with Gasteiger partial charge >= 0.3 is 0 Å². The Morgan fingerprint density at radius 3 is 2.77 bits per heavy atom. The molecule has 0 unspecified atom stereocenters. The summed E-state index contributed by atoms with van der Waals surface area (Å²) < 4.78 is 5.50. The van der Waals surface area contributed by atoms with Crippen molar-refractivity contribution in [3.8, 4) is 0 Å². The molecule has 0 bridgehead atoms. The van der Waals surface area contributed by atoms with Gasteiger partial charge < -0.3 is 19.7 Å². The molecule has 22 heavy (non-hydrogen) atoms. The number of aliphatic hydroxyl groups excluding tert-OH is 1. The molecule has 0 spiro atoms. The van der Waals surface area contributed by atoms with E-state index in [1.165, 1.54) is 5.69 Å². The molecule has 0 atom stereocenters. The molecule has 5 nitrogen and oxygen atoms in total. The molecule has 1 fully saturated rings. The Morgan fingerprint density at radius 1 is 1.32 bits per heavy atom. The second-order valence-electron chi connectivity index (χ2n) is 5.85. The number of hydrogen-bond donors (Lipinski definition) is 2. The summed E-state index contributed by atoms with van der Waals surface area (Å²) in [5, 5.41) is 12.7. The average Bonchev–Trinajstić information content (AvgIpc) is 2.99. The first-order chi connectivity index (χ1) is 10.8. The van der Waals surface area contributed by atoms with E-state index < -0.39 is 0 Å². The Balaban J connectivity index is 1.67. The van der Waals surface area contributed by atoms with Crippen molar-refractivity contribution in [1.82, 2.24) is 4.98 Å². The lowest BCUT2D eigenvalue weighted by Gasteiger charge is -2.34. The third kappa shape index (κ3) is 3.42. The number of oxazole rings is 1. The normalized spacial score (nSPS) is 16.0. The minimum absolute atomic E-state index is 0.303. The Bertz CT molecular complexity index is 603. The highest BCUT2D eigenvalue weighted by molar-refractivity contribution is 5.70. The summed E-state index contributed by atoms with van der Waals surface area (Å²) in [6.45, 7) is 4.76. The predicted molar refractivity (Wildman–Crippen MR) is 87.0 cm³/mol. The van der Waals surface area contributed by atoms with Gasteiger partial charge in [0.05, 0.1) is 24.1 Å². The molecule has 0 amide bonds. The van der Waals surface area contributed by atoms with E-state index in [9.17, 15) is 5.11 Å². The molecule has 1 aromatic carbocycles. The first kappa shape index (κ1) is 14.9. The van der Waals surface area contributed by atoms with Gasteiger partial charge in [0, 0.05) is 19.7 Å². The third-order valence-electron chi connectivity index (χ3n) is 4.22. The highest BCUT2D eigenvalue weighted by atomic mass is 16.4. The molecule has 1 aromatic heterocycles. The fraction of sp³-hybridized carbons (Fsp3) is 0.471. The second kappa shape index (κ2) is 6.83. The van der Waals surface area contributed by atoms with E-state index in [0.717, 1.165) is 37.4 Å². The molecule has 2 heterocycles. The van der Waals surface area contributed by atoms with Gasteiger partial charge in [0.25, 0.3) is 0 Å². The van der Waals surface area contributed by atoms with Crippen molar-refractivity contribution >= 4 is 11.4 Å². The maximum Gasteiger partial charge on any atom is 0.213 e. The Kier molecular flexibility index (Phi) is 4.63. The first-order valence-electron chi connectivity index (χ1n) is 7.86. The van der Waals surface area contributed by atoms with Crippen LogP contribution in [0.25, 0.3) is 0 Å². The summed E-state index contributed by atoms with van der Waals surface area (Å²) in [6.07, 6.45) is 3.83. The van der Waals surface area contributed by atoms with E-state index in [2.05, 4.69) is 33.4 Å². The van der Waals surface area contributed by atoms with Crippen molar-refractivity contribution in [3.05, 3.63) is 42.1 Å². The number of nitrogens with one attached hydrogen (secondary N) is 1. The van der Waals surface area contributed by atoms with Crippen LogP contribution in [0.15, 0.2) is 34.9 Å². The molecule has 1 aliphatic rings. The smallest absolute Gasteiger partial charge is 0.213 e. The first-order valence-corrected chi connectivity index (χ1v) is 7.86. The maximum absolute atomic E-state index is 9.27. The summed E-state index contributed by atoms with van der Waals surface area (Å²) in [7, 11) is 0. The van der Waals surface area contributed by atoms with Crippen molar-refractivity contribution < 1.29 is 9.52 Å². The minimum Gasteiger partial charge on any atom is -0.444 e. The molecule has 5 heteroatoms. The van der Waals surface area contributed by atoms with Crippen LogP contribution in [0, 0.1) is 12.8 Å². The van der Waals surface area contributed by atoms with Crippen molar-refractivity contribution in [2.75, 3.05) is 29.9 Å². The number of aromatic nitrogens is 1. The van der Waals surface area contributed by atoms with Crippen LogP contribution < -0.4 is 10.2 Å². The highest BCUT2D eigenvalue weighted by Gasteiger charge is 2.20. The van der Waals surface area contributed by atoms with Crippen molar-refractivity contribution in [1.29, 1.82) is 0 Å². The quantitative estimate of drug-likeness (QED) is 0.889. The summed E-state index contributed by atoms with van der Waals surface area (Å²) in [6, 6.07) is 8.33. The number of anilines is 2. The largest absolute Gasteiger partial charge is 0.444 e. The van der Waals surface area contributed by atoms with Crippen molar-refractivity contribution in [3.63, 3.8) is 0 Å². The molecule has 1 saturated heterocycles. The van der Waals surface area contributed by atoms with Gasteiger partial charge in [-0.25, -0.2) is 4.98 Å². The second-order valence-corrected chi connectivity index (χ2v) is 5.85. The van der Waals surface area contributed by atoms with E-state index in [1.54, 1.807) is 6.20 Å². The molecule has 3 rings (SSSR count). The Morgan fingerprint density at radius 2 is 2.09 bits per heavy atom. The van der Waals surface area contributed by atoms with Crippen LogP contribution in [0.3, 0.4) is 0 Å². The van der Waals surface area contributed by atoms with E-state index in [-0.39, 0.29) is 0 Å². The van der Waals surface area contributed by atoms with E-state index in [4.69, 9.17) is 4.42 Å². The third-order valence-corrected chi connectivity index (χ3v) is 4.22. The fourth-order valence-electron chi connectivity index (χ4n) is 2.91. The van der Waals surface area contributed by atoms with Crippen LogP contribution in [0.5, 0.6) is 0 Å². The van der Waals surface area contributed by atoms with Crippen LogP contribution in [-0.4, -0.2) is 29.8 Å². The zero-order chi connectivity index (χ0) is 15.4. The number of aryl methyl sites for hydroxylation is 1. The van der Waals surface area contributed by atoms with E-state index >= 15 is 0 Å². The van der Waals surface area contributed by atoms with Crippen molar-refractivity contribution in [2.24, 2.45) is 5.92 Å². The predicted octanol–water partition coefficient (Wildman–Crippen LogP) is 2.80.